The molecule has 0 aliphatic heterocycles. The largest absolute Gasteiger partial charge is 0.0533 e. The van der Waals surface area contributed by atoms with Gasteiger partial charge in [-0.1, -0.05) is 64.2 Å². The van der Waals surface area contributed by atoms with E-state index in [1.54, 1.807) is 44.9 Å². The van der Waals surface area contributed by atoms with Gasteiger partial charge in [-0.2, -0.15) is 0 Å². The molecule has 0 bridgehead atoms. The molecule has 119 valence electrons. The maximum absolute atomic E-state index is 2.14. The summed E-state index contributed by atoms with van der Waals surface area (Å²) in [5.41, 5.74) is 0.732. The van der Waals surface area contributed by atoms with Crippen LogP contribution in [0.1, 0.15) is 103 Å². The van der Waals surface area contributed by atoms with Gasteiger partial charge in [-0.3, -0.25) is 0 Å². The van der Waals surface area contributed by atoms with E-state index in [0.717, 1.165) is 23.2 Å². The first kappa shape index (κ1) is 14.6. The van der Waals surface area contributed by atoms with Crippen LogP contribution in [0.2, 0.25) is 0 Å². The molecule has 0 spiro atoms. The van der Waals surface area contributed by atoms with Crippen molar-refractivity contribution in [1.82, 2.24) is 0 Å². The molecule has 0 aromatic heterocycles. The third-order valence-corrected chi connectivity index (χ3v) is 7.90. The number of hydrogen-bond donors (Lipinski definition) is 0. The zero-order valence-corrected chi connectivity index (χ0v) is 14.0. The van der Waals surface area contributed by atoms with Crippen LogP contribution in [0.3, 0.4) is 0 Å². The van der Waals surface area contributed by atoms with E-state index in [1.807, 2.05) is 0 Å². The molecule has 4 rings (SSSR count). The van der Waals surface area contributed by atoms with Crippen molar-refractivity contribution < 1.29 is 0 Å². The van der Waals surface area contributed by atoms with Crippen LogP contribution < -0.4 is 0 Å². The molecule has 1 radical (unpaired) electrons. The Balaban J connectivity index is 1.63. The van der Waals surface area contributed by atoms with Crippen molar-refractivity contribution in [2.75, 3.05) is 0 Å². The molecule has 0 N–H and O–H groups in total. The van der Waals surface area contributed by atoms with Crippen LogP contribution in [-0.2, 0) is 0 Å². The highest BCUT2D eigenvalue weighted by molar-refractivity contribution is 5.17. The molecule has 4 unspecified atom stereocenters. The fourth-order valence-electron chi connectivity index (χ4n) is 7.02. The Morgan fingerprint density at radius 1 is 0.619 bits per heavy atom. The van der Waals surface area contributed by atoms with Gasteiger partial charge in [0.1, 0.15) is 0 Å². The predicted octanol–water partition coefficient (Wildman–Crippen LogP) is 6.69. The maximum Gasteiger partial charge on any atom is -0.0143 e. The molecular weight excluding hydrogens is 252 g/mol. The molecule has 4 aliphatic carbocycles. The number of fused-ring (bicyclic) bond motifs is 2. The molecule has 4 fully saturated rings. The third kappa shape index (κ3) is 2.59. The summed E-state index contributed by atoms with van der Waals surface area (Å²) < 4.78 is 0. The number of rotatable bonds is 1. The first-order chi connectivity index (χ1) is 10.4. The Morgan fingerprint density at radius 3 is 2.19 bits per heavy atom. The van der Waals surface area contributed by atoms with E-state index in [9.17, 15) is 0 Å². The van der Waals surface area contributed by atoms with Crippen molar-refractivity contribution in [2.45, 2.75) is 103 Å². The second-order valence-corrected chi connectivity index (χ2v) is 8.77. The van der Waals surface area contributed by atoms with Crippen LogP contribution in [0, 0.1) is 29.1 Å². The van der Waals surface area contributed by atoms with Crippen LogP contribution in [0.4, 0.5) is 0 Å². The normalized spacial score (nSPS) is 45.4. The average molecular weight is 288 g/mol. The molecule has 4 aliphatic rings. The summed E-state index contributed by atoms with van der Waals surface area (Å²) in [4.78, 5) is 0. The monoisotopic (exact) mass is 287 g/mol. The lowest BCUT2D eigenvalue weighted by molar-refractivity contribution is 0.0379. The minimum absolute atomic E-state index is 0.732. The maximum atomic E-state index is 2.14. The van der Waals surface area contributed by atoms with Gasteiger partial charge in [0.2, 0.25) is 0 Å². The molecule has 0 nitrogen and oxygen atoms in total. The van der Waals surface area contributed by atoms with E-state index in [0.29, 0.717) is 0 Å². The highest BCUT2D eigenvalue weighted by Crippen LogP contribution is 2.62. The van der Waals surface area contributed by atoms with E-state index >= 15 is 0 Å². The fraction of sp³-hybridized carbons (Fsp3) is 0.952. The van der Waals surface area contributed by atoms with Gasteiger partial charge in [-0.15, -0.1) is 0 Å². The van der Waals surface area contributed by atoms with Gasteiger partial charge in [0, 0.05) is 0 Å². The minimum Gasteiger partial charge on any atom is -0.0533 e. The van der Waals surface area contributed by atoms with Crippen molar-refractivity contribution in [1.29, 1.82) is 0 Å². The molecule has 21 heavy (non-hydrogen) atoms. The van der Waals surface area contributed by atoms with Gasteiger partial charge >= 0.3 is 0 Å². The lowest BCUT2D eigenvalue weighted by Crippen LogP contribution is -2.45. The quantitative estimate of drug-likeness (QED) is 0.504. The lowest BCUT2D eigenvalue weighted by Gasteiger charge is -2.55. The summed E-state index contributed by atoms with van der Waals surface area (Å²) in [6.45, 7) is 0. The summed E-state index contributed by atoms with van der Waals surface area (Å²) in [7, 11) is 0. The predicted molar refractivity (Wildman–Crippen MR) is 90.0 cm³/mol. The first-order valence-corrected chi connectivity index (χ1v) is 10.3. The summed E-state index contributed by atoms with van der Waals surface area (Å²) in [5.74, 6) is 5.39. The van der Waals surface area contributed by atoms with Crippen LogP contribution in [0.25, 0.3) is 0 Å². The fourth-order valence-corrected chi connectivity index (χ4v) is 7.02. The van der Waals surface area contributed by atoms with Crippen LogP contribution in [0.5, 0.6) is 0 Å². The molecule has 0 amide bonds. The van der Waals surface area contributed by atoms with Crippen molar-refractivity contribution in [2.24, 2.45) is 23.2 Å². The minimum atomic E-state index is 0.732. The van der Waals surface area contributed by atoms with Crippen molar-refractivity contribution in [3.05, 3.63) is 5.92 Å². The van der Waals surface area contributed by atoms with E-state index < -0.39 is 0 Å². The Hall–Kier alpha value is 0. The molecule has 0 heterocycles. The first-order valence-electron chi connectivity index (χ1n) is 10.3. The summed E-state index contributed by atoms with van der Waals surface area (Å²) in [5, 5.41) is 0. The van der Waals surface area contributed by atoms with Crippen molar-refractivity contribution in [3.63, 3.8) is 0 Å². The number of hydrogen-bond acceptors (Lipinski definition) is 0. The standard InChI is InChI=1S/C21H35/c1-2-11-18-12-5-7-16-21(18,15-6-1)20-14-8-10-17-9-3-4-13-19(17)20/h17-19H,1-16H2. The van der Waals surface area contributed by atoms with Gasteiger partial charge in [-0.25, -0.2) is 0 Å². The zero-order valence-electron chi connectivity index (χ0n) is 14.0. The van der Waals surface area contributed by atoms with E-state index in [2.05, 4.69) is 5.92 Å². The topological polar surface area (TPSA) is 0 Å². The van der Waals surface area contributed by atoms with Crippen molar-refractivity contribution in [3.8, 4) is 0 Å². The Kier molecular flexibility index (Phi) is 4.34. The average Bonchev–Trinajstić information content (AvgIpc) is 2.77. The van der Waals surface area contributed by atoms with Crippen LogP contribution >= 0.6 is 0 Å². The molecule has 0 heteroatoms. The Labute approximate surface area is 132 Å². The lowest BCUT2D eigenvalue weighted by atomic mass is 9.49. The molecule has 4 saturated carbocycles. The molecular formula is C21H35. The van der Waals surface area contributed by atoms with E-state index in [-0.39, 0.29) is 0 Å². The Morgan fingerprint density at radius 2 is 1.29 bits per heavy atom. The molecule has 0 saturated heterocycles. The molecule has 4 atom stereocenters. The summed E-state index contributed by atoms with van der Waals surface area (Å²) in [6.07, 6.45) is 24.8. The van der Waals surface area contributed by atoms with Gasteiger partial charge < -0.3 is 0 Å². The van der Waals surface area contributed by atoms with Gasteiger partial charge in [0.05, 0.1) is 0 Å². The second kappa shape index (κ2) is 6.25. The van der Waals surface area contributed by atoms with Gasteiger partial charge in [-0.05, 0) is 67.6 Å². The highest BCUT2D eigenvalue weighted by atomic mass is 14.6. The summed E-state index contributed by atoms with van der Waals surface area (Å²) in [6, 6.07) is 0. The molecule has 0 aromatic rings. The smallest absolute Gasteiger partial charge is 0.0143 e. The SMILES string of the molecule is C1CCC2CCCCC2([C]2CCCC3CCCCC23)CC1. The second-order valence-electron chi connectivity index (χ2n) is 8.77. The Bertz CT molecular complexity index is 344. The zero-order chi connectivity index (χ0) is 14.1. The van der Waals surface area contributed by atoms with Crippen molar-refractivity contribution >= 4 is 0 Å². The molecule has 0 aromatic carbocycles. The van der Waals surface area contributed by atoms with Gasteiger partial charge in [0.25, 0.3) is 0 Å². The highest BCUT2D eigenvalue weighted by Gasteiger charge is 2.51. The van der Waals surface area contributed by atoms with E-state index in [4.69, 9.17) is 0 Å². The van der Waals surface area contributed by atoms with E-state index in [1.165, 1.54) is 57.8 Å². The summed E-state index contributed by atoms with van der Waals surface area (Å²) >= 11 is 0. The van der Waals surface area contributed by atoms with Crippen LogP contribution in [0.15, 0.2) is 0 Å². The van der Waals surface area contributed by atoms with Crippen LogP contribution in [-0.4, -0.2) is 0 Å². The van der Waals surface area contributed by atoms with Gasteiger partial charge in [0.15, 0.2) is 0 Å². The third-order valence-electron chi connectivity index (χ3n) is 7.90.